The van der Waals surface area contributed by atoms with Crippen molar-refractivity contribution in [3.63, 3.8) is 0 Å². The molecule has 8 nitrogen and oxygen atoms in total. The van der Waals surface area contributed by atoms with E-state index >= 15 is 0 Å². The van der Waals surface area contributed by atoms with Crippen LogP contribution in [0.3, 0.4) is 0 Å². The number of nitrogens with zero attached hydrogens (tertiary/aromatic N) is 1. The summed E-state index contributed by atoms with van der Waals surface area (Å²) in [7, 11) is -2.27. The first-order valence-corrected chi connectivity index (χ1v) is 10.1. The van der Waals surface area contributed by atoms with E-state index in [1.807, 2.05) is 6.92 Å². The Hall–Kier alpha value is -3.59. The Morgan fingerprint density at radius 3 is 2.10 bits per heavy atom. The molecule has 2 aromatic carbocycles. The van der Waals surface area contributed by atoms with Crippen LogP contribution < -0.4 is 15.2 Å². The smallest absolute Gasteiger partial charge is 0.286 e. The molecule has 29 heavy (non-hydrogen) atoms. The molecule has 0 aliphatic heterocycles. The van der Waals surface area contributed by atoms with Crippen molar-refractivity contribution in [2.24, 2.45) is 0 Å². The Labute approximate surface area is 168 Å². The normalized spacial score (nSPS) is 11.0. The van der Waals surface area contributed by atoms with Crippen LogP contribution in [-0.4, -0.2) is 32.3 Å². The maximum Gasteiger partial charge on any atom is 0.286 e. The van der Waals surface area contributed by atoms with Gasteiger partial charge in [0, 0.05) is 18.8 Å². The van der Waals surface area contributed by atoms with Crippen LogP contribution in [0.25, 0.3) is 0 Å². The van der Waals surface area contributed by atoms with Gasteiger partial charge in [0.1, 0.15) is 5.69 Å². The summed E-state index contributed by atoms with van der Waals surface area (Å²) < 4.78 is 26.6. The molecule has 1 aromatic heterocycles. The van der Waals surface area contributed by atoms with Gasteiger partial charge in [0.2, 0.25) is 0 Å². The summed E-state index contributed by atoms with van der Waals surface area (Å²) in [6.45, 7) is 1.88. The van der Waals surface area contributed by atoms with Crippen molar-refractivity contribution in [3.05, 3.63) is 83.7 Å². The van der Waals surface area contributed by atoms with Gasteiger partial charge in [-0.15, -0.1) is 0 Å². The van der Waals surface area contributed by atoms with E-state index in [1.54, 1.807) is 42.6 Å². The molecule has 0 atom stereocenters. The van der Waals surface area contributed by atoms with Gasteiger partial charge in [-0.2, -0.15) is 0 Å². The lowest BCUT2D eigenvalue weighted by Gasteiger charge is -2.20. The highest BCUT2D eigenvalue weighted by atomic mass is 32.2. The second-order valence-corrected chi connectivity index (χ2v) is 8.29. The summed E-state index contributed by atoms with van der Waals surface area (Å²) in [5.41, 5.74) is 6.54. The number of amides is 2. The van der Waals surface area contributed by atoms with Crippen LogP contribution in [0.4, 0.5) is 5.69 Å². The maximum atomic E-state index is 12.7. The molecule has 9 heteroatoms. The fourth-order valence-electron chi connectivity index (χ4n) is 2.55. The highest BCUT2D eigenvalue weighted by molar-refractivity contribution is 7.92. The van der Waals surface area contributed by atoms with Gasteiger partial charge in [0.05, 0.1) is 10.6 Å². The lowest BCUT2D eigenvalue weighted by atomic mass is 10.2. The standard InChI is InChI=1S/C20H20N4O4S/c1-14-5-11-17(12-6-14)29(27,28)24(2)16-9-7-15(8-10-16)19(25)22-23-20(26)18-4-3-13-21-18/h3-13,21H,1-2H3,(H,22,25)(H,23,26). The molecule has 0 fully saturated rings. The van der Waals surface area contributed by atoms with Crippen LogP contribution >= 0.6 is 0 Å². The number of hydrazine groups is 1. The van der Waals surface area contributed by atoms with Gasteiger partial charge in [-0.3, -0.25) is 24.7 Å². The minimum Gasteiger partial charge on any atom is -0.357 e. The van der Waals surface area contributed by atoms with Gasteiger partial charge < -0.3 is 4.98 Å². The summed E-state index contributed by atoms with van der Waals surface area (Å²) in [4.78, 5) is 26.9. The molecular formula is C20H20N4O4S. The third-order valence-electron chi connectivity index (χ3n) is 4.30. The maximum absolute atomic E-state index is 12.7. The number of hydrogen-bond donors (Lipinski definition) is 3. The van der Waals surface area contributed by atoms with Gasteiger partial charge >= 0.3 is 0 Å². The van der Waals surface area contributed by atoms with E-state index in [0.29, 0.717) is 11.4 Å². The molecular weight excluding hydrogens is 392 g/mol. The Balaban J connectivity index is 1.68. The average Bonchev–Trinajstić information content (AvgIpc) is 3.26. The number of benzene rings is 2. The summed E-state index contributed by atoms with van der Waals surface area (Å²) in [5.74, 6) is -1.01. The fraction of sp³-hybridized carbons (Fsp3) is 0.100. The number of aryl methyl sites for hydroxylation is 1. The number of carbonyl (C=O) groups excluding carboxylic acids is 2. The van der Waals surface area contributed by atoms with E-state index in [-0.39, 0.29) is 10.5 Å². The number of rotatable bonds is 5. The molecule has 0 bridgehead atoms. The van der Waals surface area contributed by atoms with Crippen molar-refractivity contribution >= 4 is 27.5 Å². The molecule has 0 saturated carbocycles. The van der Waals surface area contributed by atoms with Gasteiger partial charge in [-0.1, -0.05) is 17.7 Å². The second-order valence-electron chi connectivity index (χ2n) is 6.32. The number of hydrogen-bond acceptors (Lipinski definition) is 4. The van der Waals surface area contributed by atoms with Crippen LogP contribution in [0.1, 0.15) is 26.4 Å². The molecule has 0 aliphatic rings. The summed E-state index contributed by atoms with van der Waals surface area (Å²) in [6, 6.07) is 15.8. The topological polar surface area (TPSA) is 111 Å². The lowest BCUT2D eigenvalue weighted by Crippen LogP contribution is -2.41. The van der Waals surface area contributed by atoms with E-state index in [2.05, 4.69) is 15.8 Å². The van der Waals surface area contributed by atoms with Crippen LogP contribution in [-0.2, 0) is 10.0 Å². The van der Waals surface area contributed by atoms with Crippen molar-refractivity contribution in [3.8, 4) is 0 Å². The summed E-state index contributed by atoms with van der Waals surface area (Å²) in [6.07, 6.45) is 1.59. The largest absolute Gasteiger partial charge is 0.357 e. The van der Waals surface area contributed by atoms with Gasteiger partial charge in [0.15, 0.2) is 0 Å². The molecule has 2 amide bonds. The lowest BCUT2D eigenvalue weighted by molar-refractivity contribution is 0.0844. The predicted octanol–water partition coefficient (Wildman–Crippen LogP) is 2.22. The first kappa shape index (κ1) is 20.2. The highest BCUT2D eigenvalue weighted by Gasteiger charge is 2.21. The molecule has 0 spiro atoms. The van der Waals surface area contributed by atoms with Gasteiger partial charge in [0.25, 0.3) is 21.8 Å². The zero-order valence-corrected chi connectivity index (χ0v) is 16.7. The Kier molecular flexibility index (Phi) is 5.69. The zero-order chi connectivity index (χ0) is 21.0. The first-order chi connectivity index (χ1) is 13.8. The molecule has 1 heterocycles. The van der Waals surface area contributed by atoms with Gasteiger partial charge in [-0.25, -0.2) is 8.42 Å². The number of carbonyl (C=O) groups is 2. The van der Waals surface area contributed by atoms with Crippen molar-refractivity contribution in [2.45, 2.75) is 11.8 Å². The second kappa shape index (κ2) is 8.19. The average molecular weight is 412 g/mol. The van der Waals surface area contributed by atoms with E-state index < -0.39 is 21.8 Å². The molecule has 150 valence electrons. The molecule has 3 N–H and O–H groups in total. The highest BCUT2D eigenvalue weighted by Crippen LogP contribution is 2.22. The molecule has 0 unspecified atom stereocenters. The van der Waals surface area contributed by atoms with Crippen molar-refractivity contribution in [2.75, 3.05) is 11.4 Å². The predicted molar refractivity (Wildman–Crippen MR) is 109 cm³/mol. The van der Waals surface area contributed by atoms with Crippen molar-refractivity contribution in [1.29, 1.82) is 0 Å². The number of anilines is 1. The quantitative estimate of drug-likeness (QED) is 0.558. The van der Waals surface area contributed by atoms with Crippen LogP contribution in [0.5, 0.6) is 0 Å². The molecule has 3 aromatic rings. The fourth-order valence-corrected chi connectivity index (χ4v) is 3.75. The Morgan fingerprint density at radius 1 is 0.897 bits per heavy atom. The van der Waals surface area contributed by atoms with E-state index in [0.717, 1.165) is 9.87 Å². The van der Waals surface area contributed by atoms with E-state index in [9.17, 15) is 18.0 Å². The first-order valence-electron chi connectivity index (χ1n) is 8.69. The number of aromatic amines is 1. The monoisotopic (exact) mass is 412 g/mol. The molecule has 3 rings (SSSR count). The zero-order valence-electron chi connectivity index (χ0n) is 15.8. The van der Waals surface area contributed by atoms with Crippen molar-refractivity contribution in [1.82, 2.24) is 15.8 Å². The van der Waals surface area contributed by atoms with Gasteiger partial charge in [-0.05, 0) is 55.5 Å². The molecule has 0 saturated heterocycles. The van der Waals surface area contributed by atoms with Crippen LogP contribution in [0.2, 0.25) is 0 Å². The van der Waals surface area contributed by atoms with E-state index in [1.165, 1.54) is 31.3 Å². The van der Waals surface area contributed by atoms with E-state index in [4.69, 9.17) is 0 Å². The SMILES string of the molecule is Cc1ccc(S(=O)(=O)N(C)c2ccc(C(=O)NNC(=O)c3ccc[nH]3)cc2)cc1. The molecule has 0 aliphatic carbocycles. The van der Waals surface area contributed by atoms with Crippen LogP contribution in [0, 0.1) is 6.92 Å². The third-order valence-corrected chi connectivity index (χ3v) is 6.10. The minimum absolute atomic E-state index is 0.180. The minimum atomic E-state index is -3.72. The Morgan fingerprint density at radius 2 is 1.52 bits per heavy atom. The van der Waals surface area contributed by atoms with Crippen LogP contribution in [0.15, 0.2) is 71.8 Å². The number of aromatic nitrogens is 1. The Bertz CT molecular complexity index is 1110. The van der Waals surface area contributed by atoms with Crippen molar-refractivity contribution < 1.29 is 18.0 Å². The number of sulfonamides is 1. The third kappa shape index (κ3) is 4.46. The summed E-state index contributed by atoms with van der Waals surface area (Å²) in [5, 5.41) is 0. The number of H-pyrrole nitrogens is 1. The summed E-state index contributed by atoms with van der Waals surface area (Å²) >= 11 is 0. The number of nitrogens with one attached hydrogen (secondary N) is 3. The molecule has 0 radical (unpaired) electrons.